The summed E-state index contributed by atoms with van der Waals surface area (Å²) in [7, 11) is 0. The lowest BCUT2D eigenvalue weighted by Gasteiger charge is -2.15. The summed E-state index contributed by atoms with van der Waals surface area (Å²) >= 11 is 1.41. The molecular formula is C6H9NO2S. The first kappa shape index (κ1) is 7.47. The van der Waals surface area contributed by atoms with E-state index in [0.29, 0.717) is 5.57 Å². The Morgan fingerprint density at radius 3 is 2.60 bits per heavy atom. The van der Waals surface area contributed by atoms with Crippen LogP contribution < -0.4 is 4.72 Å². The SMILES string of the molecule is CC1(C)SNC=C1C(=O)O. The Bertz CT molecular complexity index is 198. The van der Waals surface area contributed by atoms with Crippen molar-refractivity contribution in [3.8, 4) is 0 Å². The van der Waals surface area contributed by atoms with Crippen LogP contribution in [-0.4, -0.2) is 15.8 Å². The van der Waals surface area contributed by atoms with Gasteiger partial charge in [0.1, 0.15) is 0 Å². The van der Waals surface area contributed by atoms with Gasteiger partial charge in [-0.2, -0.15) is 0 Å². The molecule has 0 aromatic carbocycles. The maximum absolute atomic E-state index is 10.5. The number of carboxylic acids is 1. The van der Waals surface area contributed by atoms with Crippen LogP contribution in [0.1, 0.15) is 13.8 Å². The summed E-state index contributed by atoms with van der Waals surface area (Å²) in [6, 6.07) is 0. The van der Waals surface area contributed by atoms with Crippen molar-refractivity contribution in [3.05, 3.63) is 11.8 Å². The van der Waals surface area contributed by atoms with Crippen LogP contribution in [0.25, 0.3) is 0 Å². The van der Waals surface area contributed by atoms with Gasteiger partial charge in [-0.15, -0.1) is 0 Å². The van der Waals surface area contributed by atoms with Gasteiger partial charge in [0.25, 0.3) is 0 Å². The van der Waals surface area contributed by atoms with Crippen LogP contribution >= 0.6 is 11.9 Å². The van der Waals surface area contributed by atoms with Gasteiger partial charge in [-0.05, 0) is 25.8 Å². The molecule has 1 heterocycles. The Balaban J connectivity index is 2.85. The van der Waals surface area contributed by atoms with Crippen molar-refractivity contribution in [2.45, 2.75) is 18.6 Å². The molecule has 10 heavy (non-hydrogen) atoms. The number of carbonyl (C=O) groups is 1. The molecule has 56 valence electrons. The smallest absolute Gasteiger partial charge is 0.334 e. The minimum atomic E-state index is -0.845. The van der Waals surface area contributed by atoms with Crippen LogP contribution in [-0.2, 0) is 4.79 Å². The standard InChI is InChI=1S/C6H9NO2S/c1-6(2)4(5(8)9)3-7-10-6/h3,7H,1-2H3,(H,8,9). The van der Waals surface area contributed by atoms with E-state index in [-0.39, 0.29) is 4.75 Å². The number of rotatable bonds is 1. The molecule has 0 aliphatic carbocycles. The molecule has 1 aliphatic heterocycles. The van der Waals surface area contributed by atoms with Crippen molar-refractivity contribution < 1.29 is 9.90 Å². The molecular weight excluding hydrogens is 150 g/mol. The van der Waals surface area contributed by atoms with E-state index in [1.807, 2.05) is 13.8 Å². The number of hydrogen-bond acceptors (Lipinski definition) is 3. The van der Waals surface area contributed by atoms with E-state index in [2.05, 4.69) is 4.72 Å². The van der Waals surface area contributed by atoms with Crippen molar-refractivity contribution in [2.75, 3.05) is 0 Å². The average molecular weight is 159 g/mol. The highest BCUT2D eigenvalue weighted by Crippen LogP contribution is 2.34. The summed E-state index contributed by atoms with van der Waals surface area (Å²) in [5, 5.41) is 8.63. The summed E-state index contributed by atoms with van der Waals surface area (Å²) in [5.41, 5.74) is 0.428. The fraction of sp³-hybridized carbons (Fsp3) is 0.500. The van der Waals surface area contributed by atoms with Crippen LogP contribution in [0.4, 0.5) is 0 Å². The van der Waals surface area contributed by atoms with Crippen molar-refractivity contribution in [1.29, 1.82) is 0 Å². The van der Waals surface area contributed by atoms with Crippen molar-refractivity contribution in [1.82, 2.24) is 4.72 Å². The van der Waals surface area contributed by atoms with Gasteiger partial charge in [0.15, 0.2) is 0 Å². The molecule has 0 unspecified atom stereocenters. The quantitative estimate of drug-likeness (QED) is 0.560. The third kappa shape index (κ3) is 1.11. The molecule has 0 atom stereocenters. The van der Waals surface area contributed by atoms with Crippen LogP contribution in [0.5, 0.6) is 0 Å². The summed E-state index contributed by atoms with van der Waals surface area (Å²) in [5.74, 6) is -0.845. The number of aliphatic carboxylic acids is 1. The van der Waals surface area contributed by atoms with E-state index in [4.69, 9.17) is 5.11 Å². The summed E-state index contributed by atoms with van der Waals surface area (Å²) in [4.78, 5) is 10.5. The maximum Gasteiger partial charge on any atom is 0.334 e. The first-order chi connectivity index (χ1) is 4.54. The molecule has 1 rings (SSSR count). The molecule has 0 aromatic rings. The highest BCUT2D eigenvalue weighted by atomic mass is 32.2. The monoisotopic (exact) mass is 159 g/mol. The average Bonchev–Trinajstić information content (AvgIpc) is 2.08. The van der Waals surface area contributed by atoms with E-state index in [1.165, 1.54) is 18.1 Å². The summed E-state index contributed by atoms with van der Waals surface area (Å²) in [6.07, 6.45) is 1.53. The molecule has 0 saturated carbocycles. The highest BCUT2D eigenvalue weighted by molar-refractivity contribution is 7.99. The lowest BCUT2D eigenvalue weighted by atomic mass is 10.0. The predicted molar refractivity (Wildman–Crippen MR) is 40.5 cm³/mol. The minimum Gasteiger partial charge on any atom is -0.478 e. The van der Waals surface area contributed by atoms with E-state index >= 15 is 0 Å². The Morgan fingerprint density at radius 1 is 1.80 bits per heavy atom. The molecule has 0 fully saturated rings. The lowest BCUT2D eigenvalue weighted by Crippen LogP contribution is -2.20. The van der Waals surface area contributed by atoms with Crippen LogP contribution in [0.2, 0.25) is 0 Å². The Hall–Kier alpha value is -0.640. The lowest BCUT2D eigenvalue weighted by molar-refractivity contribution is -0.132. The largest absolute Gasteiger partial charge is 0.478 e. The fourth-order valence-electron chi connectivity index (χ4n) is 0.784. The third-order valence-electron chi connectivity index (χ3n) is 1.40. The van der Waals surface area contributed by atoms with Crippen molar-refractivity contribution >= 4 is 17.9 Å². The topological polar surface area (TPSA) is 49.3 Å². The first-order valence-corrected chi connectivity index (χ1v) is 3.73. The normalized spacial score (nSPS) is 21.6. The molecule has 0 aromatic heterocycles. The van der Waals surface area contributed by atoms with Gasteiger partial charge in [0, 0.05) is 6.20 Å². The third-order valence-corrected chi connectivity index (χ3v) is 2.36. The van der Waals surface area contributed by atoms with E-state index in [9.17, 15) is 4.79 Å². The summed E-state index contributed by atoms with van der Waals surface area (Å²) < 4.78 is 2.52. The van der Waals surface area contributed by atoms with Gasteiger partial charge in [0.05, 0.1) is 10.3 Å². The van der Waals surface area contributed by atoms with Gasteiger partial charge < -0.3 is 9.83 Å². The number of nitrogens with one attached hydrogen (secondary N) is 1. The summed E-state index contributed by atoms with van der Waals surface area (Å²) in [6.45, 7) is 3.75. The second-order valence-corrected chi connectivity index (χ2v) is 4.05. The molecule has 0 saturated heterocycles. The van der Waals surface area contributed by atoms with Gasteiger partial charge in [0.2, 0.25) is 0 Å². The molecule has 2 N–H and O–H groups in total. The predicted octanol–water partition coefficient (Wildman–Crippen LogP) is 0.985. The Morgan fingerprint density at radius 2 is 2.40 bits per heavy atom. The Kier molecular flexibility index (Phi) is 1.64. The van der Waals surface area contributed by atoms with Crippen LogP contribution in [0.15, 0.2) is 11.8 Å². The highest BCUT2D eigenvalue weighted by Gasteiger charge is 2.33. The second kappa shape index (κ2) is 2.20. The molecule has 3 nitrogen and oxygen atoms in total. The number of hydrogen-bond donors (Lipinski definition) is 2. The van der Waals surface area contributed by atoms with Crippen molar-refractivity contribution in [2.24, 2.45) is 0 Å². The van der Waals surface area contributed by atoms with Crippen LogP contribution in [0.3, 0.4) is 0 Å². The zero-order valence-corrected chi connectivity index (χ0v) is 6.66. The van der Waals surface area contributed by atoms with Gasteiger partial charge in [-0.1, -0.05) is 0 Å². The zero-order valence-electron chi connectivity index (χ0n) is 5.84. The molecule has 0 amide bonds. The minimum absolute atomic E-state index is 0.300. The van der Waals surface area contributed by atoms with Gasteiger partial charge >= 0.3 is 5.97 Å². The maximum atomic E-state index is 10.5. The molecule has 0 spiro atoms. The first-order valence-electron chi connectivity index (χ1n) is 2.91. The molecule has 4 heteroatoms. The zero-order chi connectivity index (χ0) is 7.78. The fourth-order valence-corrected chi connectivity index (χ4v) is 1.51. The van der Waals surface area contributed by atoms with Gasteiger partial charge in [-0.25, -0.2) is 4.79 Å². The molecule has 1 aliphatic rings. The Labute approximate surface area is 63.6 Å². The van der Waals surface area contributed by atoms with E-state index in [1.54, 1.807) is 0 Å². The van der Waals surface area contributed by atoms with Gasteiger partial charge in [-0.3, -0.25) is 0 Å². The van der Waals surface area contributed by atoms with E-state index in [0.717, 1.165) is 0 Å². The van der Waals surface area contributed by atoms with Crippen LogP contribution in [0, 0.1) is 0 Å². The van der Waals surface area contributed by atoms with E-state index < -0.39 is 5.97 Å². The van der Waals surface area contributed by atoms with Crippen molar-refractivity contribution in [3.63, 3.8) is 0 Å². The second-order valence-electron chi connectivity index (χ2n) is 2.59. The molecule has 0 radical (unpaired) electrons. The molecule has 0 bridgehead atoms. The number of carboxylic acid groups (broad SMARTS) is 1.